The number of benzene rings is 1. The molecule has 1 unspecified atom stereocenters. The molecule has 0 aliphatic carbocycles. The summed E-state index contributed by atoms with van der Waals surface area (Å²) in [6, 6.07) is 6.59. The lowest BCUT2D eigenvalue weighted by atomic mass is 9.75. The number of amides is 1. The summed E-state index contributed by atoms with van der Waals surface area (Å²) in [6.45, 7) is 3.04. The highest BCUT2D eigenvalue weighted by Crippen LogP contribution is 2.37. The Kier molecular flexibility index (Phi) is 5.68. The molecule has 2 N–H and O–H groups in total. The van der Waals surface area contributed by atoms with Gasteiger partial charge in [-0.2, -0.15) is 0 Å². The zero-order valence-corrected chi connectivity index (χ0v) is 15.8. The molecular weight excluding hydrogens is 361 g/mol. The molecule has 4 atom stereocenters. The Morgan fingerprint density at radius 3 is 2.86 bits per heavy atom. The molecule has 3 aliphatic heterocycles. The number of carbonyl (C=O) groups excluding carboxylic acids is 1. The van der Waals surface area contributed by atoms with Gasteiger partial charge in [-0.15, -0.1) is 5.10 Å². The fourth-order valence-corrected chi connectivity index (χ4v) is 4.42. The maximum Gasteiger partial charge on any atom is 0.224 e. The van der Waals surface area contributed by atoms with Crippen molar-refractivity contribution in [1.82, 2.24) is 25.2 Å². The van der Waals surface area contributed by atoms with Gasteiger partial charge in [-0.3, -0.25) is 14.4 Å². The lowest BCUT2D eigenvalue weighted by Gasteiger charge is -2.49. The van der Waals surface area contributed by atoms with Crippen LogP contribution >= 0.6 is 0 Å². The predicted octanol–water partition coefficient (Wildman–Crippen LogP) is 0.979. The van der Waals surface area contributed by atoms with Crippen LogP contribution in [0.5, 0.6) is 0 Å². The fourth-order valence-electron chi connectivity index (χ4n) is 4.42. The third kappa shape index (κ3) is 4.23. The maximum atomic E-state index is 13.0. The van der Waals surface area contributed by atoms with E-state index in [2.05, 4.69) is 20.5 Å². The Hall–Kier alpha value is -2.32. The maximum absolute atomic E-state index is 13.0. The summed E-state index contributed by atoms with van der Waals surface area (Å²) in [5.74, 6) is 0.202. The molecule has 8 heteroatoms. The van der Waals surface area contributed by atoms with Gasteiger partial charge in [0.25, 0.3) is 0 Å². The first kappa shape index (κ1) is 19.0. The SMILES string of the molecule is O=C(NCc1ccc(F)cc1)[C@@H]1CN2CC[C@@H]1C[C@@H]2Cn1cc(CCO)nn1. The minimum Gasteiger partial charge on any atom is -0.396 e. The Morgan fingerprint density at radius 2 is 2.14 bits per heavy atom. The van der Waals surface area contributed by atoms with Gasteiger partial charge in [0.15, 0.2) is 0 Å². The number of nitrogens with one attached hydrogen (secondary N) is 1. The van der Waals surface area contributed by atoms with Gasteiger partial charge in [0, 0.05) is 38.4 Å². The average molecular weight is 387 g/mol. The first-order valence-corrected chi connectivity index (χ1v) is 9.88. The third-order valence-corrected chi connectivity index (χ3v) is 5.95. The van der Waals surface area contributed by atoms with Crippen molar-refractivity contribution in [1.29, 1.82) is 0 Å². The number of carbonyl (C=O) groups is 1. The van der Waals surface area contributed by atoms with Gasteiger partial charge in [-0.1, -0.05) is 17.3 Å². The van der Waals surface area contributed by atoms with Gasteiger partial charge in [0.1, 0.15) is 5.82 Å². The molecule has 1 amide bonds. The average Bonchev–Trinajstić information content (AvgIpc) is 3.15. The molecule has 5 rings (SSSR count). The lowest BCUT2D eigenvalue weighted by molar-refractivity contribution is -0.133. The fraction of sp³-hybridized carbons (Fsp3) is 0.550. The first-order valence-electron chi connectivity index (χ1n) is 9.88. The minimum atomic E-state index is -0.269. The van der Waals surface area contributed by atoms with Crippen molar-refractivity contribution in [2.24, 2.45) is 11.8 Å². The number of piperidine rings is 3. The van der Waals surface area contributed by atoms with Crippen LogP contribution < -0.4 is 5.32 Å². The molecule has 28 heavy (non-hydrogen) atoms. The summed E-state index contributed by atoms with van der Waals surface area (Å²) in [5.41, 5.74) is 1.70. The van der Waals surface area contributed by atoms with Crippen LogP contribution in [0.3, 0.4) is 0 Å². The van der Waals surface area contributed by atoms with Crippen molar-refractivity contribution < 1.29 is 14.3 Å². The molecule has 7 nitrogen and oxygen atoms in total. The van der Waals surface area contributed by atoms with Crippen molar-refractivity contribution in [2.75, 3.05) is 19.7 Å². The molecule has 2 aromatic rings. The molecule has 1 aromatic heterocycles. The number of halogens is 1. The molecule has 3 saturated heterocycles. The molecule has 1 aromatic carbocycles. The quantitative estimate of drug-likeness (QED) is 0.740. The topological polar surface area (TPSA) is 83.3 Å². The van der Waals surface area contributed by atoms with E-state index in [1.54, 1.807) is 12.1 Å². The third-order valence-electron chi connectivity index (χ3n) is 5.95. The number of hydrogen-bond donors (Lipinski definition) is 2. The Labute approximate surface area is 163 Å². The number of hydrogen-bond acceptors (Lipinski definition) is 5. The van der Waals surface area contributed by atoms with Crippen LogP contribution in [-0.2, 0) is 24.3 Å². The summed E-state index contributed by atoms with van der Waals surface area (Å²) in [5, 5.41) is 20.3. The normalized spacial score (nSPS) is 26.4. The second kappa shape index (κ2) is 8.36. The number of aromatic nitrogens is 3. The standard InChI is InChI=1S/C20H26FN5O2/c21-16-3-1-14(2-4-16)10-22-20(28)19-13-25-7-5-15(19)9-18(25)12-26-11-17(6-8-27)23-24-26/h1-4,11,15,18-19,27H,5-10,12-13H2,(H,22,28)/t15-,18-,19-/m1/s1. The second-order valence-corrected chi connectivity index (χ2v) is 7.79. The van der Waals surface area contributed by atoms with E-state index in [-0.39, 0.29) is 24.2 Å². The van der Waals surface area contributed by atoms with Gasteiger partial charge in [0.05, 0.1) is 18.2 Å². The van der Waals surface area contributed by atoms with Gasteiger partial charge < -0.3 is 10.4 Å². The number of nitrogens with zero attached hydrogens (tertiary/aromatic N) is 4. The monoisotopic (exact) mass is 387 g/mol. The zero-order valence-electron chi connectivity index (χ0n) is 15.8. The minimum absolute atomic E-state index is 0.00569. The number of fused-ring (bicyclic) bond motifs is 3. The van der Waals surface area contributed by atoms with E-state index in [0.717, 1.165) is 43.7 Å². The van der Waals surface area contributed by atoms with Gasteiger partial charge in [-0.25, -0.2) is 4.39 Å². The molecule has 0 spiro atoms. The summed E-state index contributed by atoms with van der Waals surface area (Å²) in [6.07, 6.45) is 4.43. The smallest absolute Gasteiger partial charge is 0.224 e. The number of aliphatic hydroxyl groups excluding tert-OH is 1. The van der Waals surface area contributed by atoms with E-state index < -0.39 is 0 Å². The summed E-state index contributed by atoms with van der Waals surface area (Å²) < 4.78 is 14.8. The Balaban J connectivity index is 1.31. The second-order valence-electron chi connectivity index (χ2n) is 7.79. The Morgan fingerprint density at radius 1 is 1.32 bits per heavy atom. The van der Waals surface area contributed by atoms with E-state index in [1.807, 2.05) is 10.9 Å². The number of aliphatic hydroxyl groups is 1. The van der Waals surface area contributed by atoms with Gasteiger partial charge in [0.2, 0.25) is 5.91 Å². The highest BCUT2D eigenvalue weighted by Gasteiger charge is 2.43. The zero-order chi connectivity index (χ0) is 19.5. The lowest BCUT2D eigenvalue weighted by Crippen LogP contribution is -2.58. The highest BCUT2D eigenvalue weighted by molar-refractivity contribution is 5.79. The van der Waals surface area contributed by atoms with E-state index in [9.17, 15) is 9.18 Å². The van der Waals surface area contributed by atoms with E-state index in [4.69, 9.17) is 5.11 Å². The molecule has 3 fully saturated rings. The van der Waals surface area contributed by atoms with Crippen molar-refractivity contribution >= 4 is 5.91 Å². The van der Waals surface area contributed by atoms with E-state index in [1.165, 1.54) is 12.1 Å². The molecule has 150 valence electrons. The Bertz CT molecular complexity index is 809. The first-order chi connectivity index (χ1) is 13.6. The molecule has 3 aliphatic rings. The highest BCUT2D eigenvalue weighted by atomic mass is 19.1. The van der Waals surface area contributed by atoms with Crippen LogP contribution in [-0.4, -0.2) is 56.6 Å². The van der Waals surface area contributed by atoms with Crippen LogP contribution in [0.25, 0.3) is 0 Å². The van der Waals surface area contributed by atoms with Crippen molar-refractivity contribution in [3.63, 3.8) is 0 Å². The van der Waals surface area contributed by atoms with Crippen molar-refractivity contribution in [2.45, 2.75) is 38.4 Å². The molecule has 0 saturated carbocycles. The van der Waals surface area contributed by atoms with Gasteiger partial charge >= 0.3 is 0 Å². The molecular formula is C20H26FN5O2. The van der Waals surface area contributed by atoms with Crippen LogP contribution in [0.1, 0.15) is 24.1 Å². The van der Waals surface area contributed by atoms with E-state index >= 15 is 0 Å². The van der Waals surface area contributed by atoms with Crippen LogP contribution in [0.2, 0.25) is 0 Å². The molecule has 2 bridgehead atoms. The summed E-state index contributed by atoms with van der Waals surface area (Å²) in [4.78, 5) is 15.1. The van der Waals surface area contributed by atoms with E-state index in [0.29, 0.717) is 24.9 Å². The van der Waals surface area contributed by atoms with Crippen LogP contribution in [0.4, 0.5) is 4.39 Å². The molecule has 4 heterocycles. The summed E-state index contributed by atoms with van der Waals surface area (Å²) >= 11 is 0. The van der Waals surface area contributed by atoms with Gasteiger partial charge in [-0.05, 0) is 43.0 Å². The van der Waals surface area contributed by atoms with Crippen LogP contribution in [0, 0.1) is 17.7 Å². The predicted molar refractivity (Wildman–Crippen MR) is 101 cm³/mol. The molecule has 0 radical (unpaired) electrons. The van der Waals surface area contributed by atoms with Crippen LogP contribution in [0.15, 0.2) is 30.5 Å². The van der Waals surface area contributed by atoms with Crippen molar-refractivity contribution in [3.05, 3.63) is 47.5 Å². The largest absolute Gasteiger partial charge is 0.396 e. The summed E-state index contributed by atoms with van der Waals surface area (Å²) in [7, 11) is 0. The van der Waals surface area contributed by atoms with Crippen molar-refractivity contribution in [3.8, 4) is 0 Å². The number of rotatable bonds is 7.